The third-order valence-electron chi connectivity index (χ3n) is 3.76. The number of nitrogens with one attached hydrogen (secondary N) is 2. The number of methoxy groups -OCH3 is 1. The number of likely N-dealkylation sites (N-methyl/N-ethyl adjacent to an activating group) is 1. The number of hydrogen-bond donors (Lipinski definition) is 2. The van der Waals surface area contributed by atoms with Gasteiger partial charge in [-0.15, -0.1) is 0 Å². The number of amides is 2. The highest BCUT2D eigenvalue weighted by molar-refractivity contribution is 5.91. The zero-order chi connectivity index (χ0) is 16.2. The minimum Gasteiger partial charge on any atom is -0.375 e. The molecule has 1 aliphatic rings. The van der Waals surface area contributed by atoms with Crippen molar-refractivity contribution in [3.8, 4) is 0 Å². The first-order chi connectivity index (χ1) is 10.5. The van der Waals surface area contributed by atoms with E-state index in [0.717, 1.165) is 0 Å². The van der Waals surface area contributed by atoms with Gasteiger partial charge in [-0.2, -0.15) is 0 Å². The van der Waals surface area contributed by atoms with Crippen molar-refractivity contribution < 1.29 is 18.7 Å². The van der Waals surface area contributed by atoms with Crippen molar-refractivity contribution in [2.75, 3.05) is 39.2 Å². The van der Waals surface area contributed by atoms with E-state index < -0.39 is 5.54 Å². The zero-order valence-corrected chi connectivity index (χ0v) is 12.7. The van der Waals surface area contributed by atoms with Crippen LogP contribution in [0.4, 0.5) is 10.1 Å². The van der Waals surface area contributed by atoms with E-state index in [2.05, 4.69) is 10.6 Å². The third-order valence-corrected chi connectivity index (χ3v) is 3.76. The molecule has 1 saturated heterocycles. The summed E-state index contributed by atoms with van der Waals surface area (Å²) in [6, 6.07) is 5.91. The van der Waals surface area contributed by atoms with Gasteiger partial charge in [-0.05, 0) is 24.6 Å². The number of benzene rings is 1. The Labute approximate surface area is 128 Å². The quantitative estimate of drug-likeness (QED) is 0.836. The molecule has 2 amide bonds. The number of carbonyl (C=O) groups excluding carboxylic acids is 2. The SMILES string of the molecule is CNC(=O)C1(Nc2cccc(F)c2)CCN(C(=O)COC)C1. The number of carbonyl (C=O) groups is 2. The number of ether oxygens (including phenoxy) is 1. The Morgan fingerprint density at radius 1 is 1.45 bits per heavy atom. The van der Waals surface area contributed by atoms with Gasteiger partial charge in [0.05, 0.1) is 6.54 Å². The van der Waals surface area contributed by atoms with Gasteiger partial charge in [-0.1, -0.05) is 6.07 Å². The molecule has 2 N–H and O–H groups in total. The van der Waals surface area contributed by atoms with Gasteiger partial charge >= 0.3 is 0 Å². The highest BCUT2D eigenvalue weighted by Gasteiger charge is 2.45. The van der Waals surface area contributed by atoms with Crippen LogP contribution in [0.15, 0.2) is 24.3 Å². The number of rotatable bonds is 5. The fraction of sp³-hybridized carbons (Fsp3) is 0.467. The second-order valence-electron chi connectivity index (χ2n) is 5.29. The van der Waals surface area contributed by atoms with Crippen molar-refractivity contribution in [3.05, 3.63) is 30.1 Å². The number of nitrogens with zero attached hydrogens (tertiary/aromatic N) is 1. The van der Waals surface area contributed by atoms with E-state index in [-0.39, 0.29) is 30.8 Å². The van der Waals surface area contributed by atoms with Crippen LogP contribution in [0, 0.1) is 5.82 Å². The van der Waals surface area contributed by atoms with E-state index in [1.54, 1.807) is 17.0 Å². The first kappa shape index (κ1) is 16.2. The van der Waals surface area contributed by atoms with E-state index in [9.17, 15) is 14.0 Å². The molecule has 0 aliphatic carbocycles. The zero-order valence-electron chi connectivity index (χ0n) is 12.7. The van der Waals surface area contributed by atoms with Crippen molar-refractivity contribution in [1.29, 1.82) is 0 Å². The van der Waals surface area contributed by atoms with Gasteiger partial charge < -0.3 is 20.3 Å². The molecular formula is C15H20FN3O3. The lowest BCUT2D eigenvalue weighted by molar-refractivity contribution is -0.134. The summed E-state index contributed by atoms with van der Waals surface area (Å²) in [4.78, 5) is 25.8. The first-order valence-corrected chi connectivity index (χ1v) is 7.03. The van der Waals surface area contributed by atoms with Crippen molar-refractivity contribution in [2.45, 2.75) is 12.0 Å². The highest BCUT2D eigenvalue weighted by Crippen LogP contribution is 2.27. The molecule has 1 fully saturated rings. The molecule has 1 aromatic rings. The standard InChI is InChI=1S/C15H20FN3O3/c1-17-14(21)15(18-12-5-3-4-11(16)8-12)6-7-19(10-15)13(20)9-22-2/h3-5,8,18H,6-7,9-10H2,1-2H3,(H,17,21). The van der Waals surface area contributed by atoms with E-state index in [1.807, 2.05) is 0 Å². The predicted molar refractivity (Wildman–Crippen MR) is 79.9 cm³/mol. The molecule has 7 heteroatoms. The van der Waals surface area contributed by atoms with E-state index in [0.29, 0.717) is 18.7 Å². The fourth-order valence-electron chi connectivity index (χ4n) is 2.66. The Morgan fingerprint density at radius 3 is 2.86 bits per heavy atom. The maximum absolute atomic E-state index is 13.3. The molecule has 1 unspecified atom stereocenters. The van der Waals surface area contributed by atoms with Crippen molar-refractivity contribution in [2.24, 2.45) is 0 Å². The minimum absolute atomic E-state index is 0.0240. The summed E-state index contributed by atoms with van der Waals surface area (Å²) >= 11 is 0. The van der Waals surface area contributed by atoms with Crippen LogP contribution in [0.25, 0.3) is 0 Å². The molecular weight excluding hydrogens is 289 g/mol. The van der Waals surface area contributed by atoms with Gasteiger partial charge in [0.1, 0.15) is 18.0 Å². The average Bonchev–Trinajstić information content (AvgIpc) is 2.92. The Balaban J connectivity index is 2.20. The monoisotopic (exact) mass is 309 g/mol. The largest absolute Gasteiger partial charge is 0.375 e. The molecule has 0 bridgehead atoms. The average molecular weight is 309 g/mol. The molecule has 1 heterocycles. The van der Waals surface area contributed by atoms with Gasteiger partial charge in [-0.25, -0.2) is 4.39 Å². The maximum atomic E-state index is 13.3. The molecule has 1 aromatic carbocycles. The first-order valence-electron chi connectivity index (χ1n) is 7.03. The van der Waals surface area contributed by atoms with E-state index in [4.69, 9.17) is 4.74 Å². The van der Waals surface area contributed by atoms with Gasteiger partial charge in [0.2, 0.25) is 11.8 Å². The molecule has 22 heavy (non-hydrogen) atoms. The lowest BCUT2D eigenvalue weighted by atomic mass is 9.96. The summed E-state index contributed by atoms with van der Waals surface area (Å²) in [5, 5.41) is 5.70. The van der Waals surface area contributed by atoms with Gasteiger partial charge in [0, 0.05) is 26.4 Å². The second-order valence-corrected chi connectivity index (χ2v) is 5.29. The molecule has 1 aliphatic heterocycles. The summed E-state index contributed by atoms with van der Waals surface area (Å²) in [6.07, 6.45) is 0.443. The van der Waals surface area contributed by atoms with Crippen molar-refractivity contribution in [1.82, 2.24) is 10.2 Å². The predicted octanol–water partition coefficient (Wildman–Crippen LogP) is 0.601. The van der Waals surface area contributed by atoms with Crippen LogP contribution in [0.2, 0.25) is 0 Å². The Hall–Kier alpha value is -2.15. The molecule has 2 rings (SSSR count). The van der Waals surface area contributed by atoms with Crippen LogP contribution in [0.3, 0.4) is 0 Å². The second kappa shape index (κ2) is 6.74. The Kier molecular flexibility index (Phi) is 4.97. The van der Waals surface area contributed by atoms with Crippen LogP contribution in [-0.4, -0.2) is 56.1 Å². The summed E-state index contributed by atoms with van der Waals surface area (Å²) in [7, 11) is 2.99. The lowest BCUT2D eigenvalue weighted by Crippen LogP contribution is -2.54. The van der Waals surface area contributed by atoms with Gasteiger partial charge in [0.25, 0.3) is 0 Å². The van der Waals surface area contributed by atoms with Gasteiger partial charge in [-0.3, -0.25) is 9.59 Å². The molecule has 1 atom stereocenters. The van der Waals surface area contributed by atoms with E-state index in [1.165, 1.54) is 26.3 Å². The number of hydrogen-bond acceptors (Lipinski definition) is 4. The lowest BCUT2D eigenvalue weighted by Gasteiger charge is -2.29. The smallest absolute Gasteiger partial charge is 0.248 e. The molecule has 6 nitrogen and oxygen atoms in total. The van der Waals surface area contributed by atoms with Crippen LogP contribution in [0.5, 0.6) is 0 Å². The van der Waals surface area contributed by atoms with Crippen LogP contribution < -0.4 is 10.6 Å². The summed E-state index contributed by atoms with van der Waals surface area (Å²) < 4.78 is 18.2. The molecule has 0 spiro atoms. The number of anilines is 1. The topological polar surface area (TPSA) is 70.7 Å². The van der Waals surface area contributed by atoms with Crippen LogP contribution >= 0.6 is 0 Å². The maximum Gasteiger partial charge on any atom is 0.248 e. The van der Waals surface area contributed by atoms with Crippen LogP contribution in [-0.2, 0) is 14.3 Å². The Bertz CT molecular complexity index is 567. The molecule has 0 saturated carbocycles. The van der Waals surface area contributed by atoms with Crippen LogP contribution in [0.1, 0.15) is 6.42 Å². The van der Waals surface area contributed by atoms with Crippen molar-refractivity contribution >= 4 is 17.5 Å². The summed E-state index contributed by atoms with van der Waals surface area (Å²) in [5.74, 6) is -0.791. The Morgan fingerprint density at radius 2 is 2.23 bits per heavy atom. The molecule has 0 radical (unpaired) electrons. The number of likely N-dealkylation sites (tertiary alicyclic amines) is 1. The minimum atomic E-state index is -0.966. The van der Waals surface area contributed by atoms with Gasteiger partial charge in [0.15, 0.2) is 0 Å². The summed E-state index contributed by atoms with van der Waals surface area (Å²) in [5.41, 5.74) is -0.462. The normalized spacial score (nSPS) is 20.8. The van der Waals surface area contributed by atoms with Crippen molar-refractivity contribution in [3.63, 3.8) is 0 Å². The molecule has 0 aromatic heterocycles. The number of halogens is 1. The summed E-state index contributed by atoms with van der Waals surface area (Å²) in [6.45, 7) is 0.632. The highest BCUT2D eigenvalue weighted by atomic mass is 19.1. The van der Waals surface area contributed by atoms with E-state index >= 15 is 0 Å². The fourth-order valence-corrected chi connectivity index (χ4v) is 2.66. The molecule has 120 valence electrons. The third kappa shape index (κ3) is 3.36.